The van der Waals surface area contributed by atoms with E-state index in [-0.39, 0.29) is 30.1 Å². The highest BCUT2D eigenvalue weighted by Gasteiger charge is 2.26. The molecule has 26 heavy (non-hydrogen) atoms. The molecule has 1 aliphatic heterocycles. The minimum Gasteiger partial charge on any atom is -0.444 e. The number of aromatic nitrogens is 1. The van der Waals surface area contributed by atoms with Crippen molar-refractivity contribution in [3.8, 4) is 0 Å². The normalized spacial score (nSPS) is 15.7. The number of amides is 1. The molecule has 2 heterocycles. The third-order valence-electron chi connectivity index (χ3n) is 4.07. The van der Waals surface area contributed by atoms with Crippen LogP contribution in [0.5, 0.6) is 0 Å². The molecular formula is C17H30IN5O3. The SMILES string of the molecule is Cc1noc(C)c1CCN=C(N)N1CCN(C(=O)OC(C)(C)C)CC1.I. The fourth-order valence-electron chi connectivity index (χ4n) is 2.69. The van der Waals surface area contributed by atoms with E-state index in [1.807, 2.05) is 39.5 Å². The van der Waals surface area contributed by atoms with Gasteiger partial charge in [-0.1, -0.05) is 5.16 Å². The first-order chi connectivity index (χ1) is 11.7. The number of hydrogen-bond acceptors (Lipinski definition) is 5. The lowest BCUT2D eigenvalue weighted by atomic mass is 10.1. The predicted octanol–water partition coefficient (Wildman–Crippen LogP) is 2.32. The Morgan fingerprint density at radius 3 is 2.31 bits per heavy atom. The number of aryl methyl sites for hydroxylation is 2. The van der Waals surface area contributed by atoms with Crippen molar-refractivity contribution in [2.75, 3.05) is 32.7 Å². The Morgan fingerprint density at radius 2 is 1.81 bits per heavy atom. The number of aliphatic imine (C=N–C) groups is 1. The van der Waals surface area contributed by atoms with Gasteiger partial charge in [-0.3, -0.25) is 4.99 Å². The molecule has 1 saturated heterocycles. The first-order valence-electron chi connectivity index (χ1n) is 8.62. The number of hydrogen-bond donors (Lipinski definition) is 1. The summed E-state index contributed by atoms with van der Waals surface area (Å²) in [6.07, 6.45) is 0.473. The van der Waals surface area contributed by atoms with Gasteiger partial charge >= 0.3 is 6.09 Å². The average molecular weight is 479 g/mol. The van der Waals surface area contributed by atoms with Crippen molar-refractivity contribution < 1.29 is 14.1 Å². The molecule has 0 saturated carbocycles. The topological polar surface area (TPSA) is 97.2 Å². The van der Waals surface area contributed by atoms with Crippen LogP contribution in [-0.4, -0.2) is 65.3 Å². The van der Waals surface area contributed by atoms with Gasteiger partial charge in [0.15, 0.2) is 5.96 Å². The minimum absolute atomic E-state index is 0. The fourth-order valence-corrected chi connectivity index (χ4v) is 2.69. The fraction of sp³-hybridized carbons (Fsp3) is 0.706. The number of rotatable bonds is 3. The van der Waals surface area contributed by atoms with Gasteiger partial charge in [0.05, 0.1) is 5.69 Å². The molecule has 1 fully saturated rings. The van der Waals surface area contributed by atoms with Crippen molar-refractivity contribution in [1.82, 2.24) is 15.0 Å². The first kappa shape index (κ1) is 22.5. The predicted molar refractivity (Wildman–Crippen MR) is 111 cm³/mol. The van der Waals surface area contributed by atoms with Gasteiger partial charge in [-0.15, -0.1) is 24.0 Å². The van der Waals surface area contributed by atoms with Crippen LogP contribution in [0.3, 0.4) is 0 Å². The number of carbonyl (C=O) groups excluding carboxylic acids is 1. The van der Waals surface area contributed by atoms with Crippen molar-refractivity contribution in [2.45, 2.75) is 46.6 Å². The summed E-state index contributed by atoms with van der Waals surface area (Å²) in [7, 11) is 0. The third-order valence-corrected chi connectivity index (χ3v) is 4.07. The van der Waals surface area contributed by atoms with Crippen molar-refractivity contribution in [3.63, 3.8) is 0 Å². The molecule has 0 atom stereocenters. The summed E-state index contributed by atoms with van der Waals surface area (Å²) >= 11 is 0. The lowest BCUT2D eigenvalue weighted by Crippen LogP contribution is -2.53. The molecule has 0 aromatic carbocycles. The summed E-state index contributed by atoms with van der Waals surface area (Å²) in [5.74, 6) is 1.34. The molecule has 2 rings (SSSR count). The number of piperazine rings is 1. The van der Waals surface area contributed by atoms with Crippen LogP contribution in [0.25, 0.3) is 0 Å². The van der Waals surface area contributed by atoms with Crippen molar-refractivity contribution in [3.05, 3.63) is 17.0 Å². The molecule has 1 amide bonds. The zero-order valence-corrected chi connectivity index (χ0v) is 18.6. The minimum atomic E-state index is -0.479. The molecule has 9 heteroatoms. The molecule has 1 aromatic heterocycles. The van der Waals surface area contributed by atoms with Crippen molar-refractivity contribution in [2.24, 2.45) is 10.7 Å². The lowest BCUT2D eigenvalue weighted by molar-refractivity contribution is 0.0186. The average Bonchev–Trinajstić information content (AvgIpc) is 2.85. The van der Waals surface area contributed by atoms with Crippen LogP contribution in [-0.2, 0) is 11.2 Å². The zero-order valence-electron chi connectivity index (χ0n) is 16.2. The Balaban J connectivity index is 0.00000338. The molecule has 0 unspecified atom stereocenters. The van der Waals surface area contributed by atoms with E-state index in [0.29, 0.717) is 38.7 Å². The van der Waals surface area contributed by atoms with E-state index in [4.69, 9.17) is 15.0 Å². The van der Waals surface area contributed by atoms with E-state index >= 15 is 0 Å². The standard InChI is InChI=1S/C17H29N5O3.HI/c1-12-14(13(2)25-20-12)6-7-19-15(18)21-8-10-22(11-9-21)16(23)24-17(3,4)5;/h6-11H2,1-5H3,(H2,18,19);1H. The summed E-state index contributed by atoms with van der Waals surface area (Å²) in [5, 5.41) is 3.94. The Morgan fingerprint density at radius 1 is 1.23 bits per heavy atom. The van der Waals surface area contributed by atoms with Gasteiger partial charge in [0.1, 0.15) is 11.4 Å². The van der Waals surface area contributed by atoms with Crippen LogP contribution in [0.15, 0.2) is 9.52 Å². The molecule has 0 radical (unpaired) electrons. The Kier molecular flexibility index (Phi) is 8.16. The summed E-state index contributed by atoms with van der Waals surface area (Å²) in [4.78, 5) is 20.2. The summed E-state index contributed by atoms with van der Waals surface area (Å²) in [5.41, 5.74) is 7.60. The maximum atomic E-state index is 12.1. The summed E-state index contributed by atoms with van der Waals surface area (Å²) in [6, 6.07) is 0. The van der Waals surface area contributed by atoms with Crippen LogP contribution in [0.4, 0.5) is 4.79 Å². The van der Waals surface area contributed by atoms with E-state index < -0.39 is 5.60 Å². The summed E-state index contributed by atoms with van der Waals surface area (Å²) in [6.45, 7) is 12.5. The molecule has 1 aromatic rings. The van der Waals surface area contributed by atoms with Crippen LogP contribution >= 0.6 is 24.0 Å². The third kappa shape index (κ3) is 6.33. The number of nitrogens with two attached hydrogens (primary N) is 1. The monoisotopic (exact) mass is 479 g/mol. The van der Waals surface area contributed by atoms with Gasteiger partial charge in [-0.25, -0.2) is 4.79 Å². The van der Waals surface area contributed by atoms with Gasteiger partial charge in [0, 0.05) is 38.3 Å². The summed E-state index contributed by atoms with van der Waals surface area (Å²) < 4.78 is 10.5. The second kappa shape index (κ2) is 9.43. The van der Waals surface area contributed by atoms with E-state index in [1.54, 1.807) is 4.90 Å². The largest absolute Gasteiger partial charge is 0.444 e. The zero-order chi connectivity index (χ0) is 18.6. The lowest BCUT2D eigenvalue weighted by Gasteiger charge is -2.36. The van der Waals surface area contributed by atoms with E-state index in [2.05, 4.69) is 10.1 Å². The molecular weight excluding hydrogens is 449 g/mol. The Hall–Kier alpha value is -1.52. The van der Waals surface area contributed by atoms with Crippen LogP contribution in [0.1, 0.15) is 37.8 Å². The van der Waals surface area contributed by atoms with Crippen molar-refractivity contribution in [1.29, 1.82) is 0 Å². The molecule has 0 spiro atoms. The van der Waals surface area contributed by atoms with Gasteiger partial charge in [0.25, 0.3) is 0 Å². The highest BCUT2D eigenvalue weighted by Crippen LogP contribution is 2.13. The van der Waals surface area contributed by atoms with Gasteiger partial charge in [-0.2, -0.15) is 0 Å². The second-order valence-corrected chi connectivity index (χ2v) is 7.25. The smallest absolute Gasteiger partial charge is 0.410 e. The number of guanidine groups is 1. The Labute approximate surface area is 172 Å². The number of ether oxygens (including phenoxy) is 1. The van der Waals surface area contributed by atoms with Crippen LogP contribution in [0, 0.1) is 13.8 Å². The highest BCUT2D eigenvalue weighted by atomic mass is 127. The van der Waals surface area contributed by atoms with E-state index in [9.17, 15) is 4.79 Å². The maximum Gasteiger partial charge on any atom is 0.410 e. The van der Waals surface area contributed by atoms with E-state index in [0.717, 1.165) is 23.4 Å². The molecule has 8 nitrogen and oxygen atoms in total. The first-order valence-corrected chi connectivity index (χ1v) is 8.62. The van der Waals surface area contributed by atoms with Crippen LogP contribution < -0.4 is 5.73 Å². The van der Waals surface area contributed by atoms with Crippen molar-refractivity contribution >= 4 is 36.0 Å². The molecule has 148 valence electrons. The number of halogens is 1. The van der Waals surface area contributed by atoms with Gasteiger partial charge in [-0.05, 0) is 41.0 Å². The highest BCUT2D eigenvalue weighted by molar-refractivity contribution is 14.0. The Bertz CT molecular complexity index is 611. The van der Waals surface area contributed by atoms with Gasteiger partial charge < -0.3 is 24.8 Å². The number of nitrogens with zero attached hydrogens (tertiary/aromatic N) is 4. The maximum absolute atomic E-state index is 12.1. The van der Waals surface area contributed by atoms with Crippen LogP contribution in [0.2, 0.25) is 0 Å². The molecule has 0 bridgehead atoms. The quantitative estimate of drug-likeness (QED) is 0.406. The molecule has 0 aliphatic carbocycles. The van der Waals surface area contributed by atoms with Gasteiger partial charge in [0.2, 0.25) is 0 Å². The number of carbonyl (C=O) groups is 1. The van der Waals surface area contributed by atoms with E-state index in [1.165, 1.54) is 0 Å². The second-order valence-electron chi connectivity index (χ2n) is 7.25. The molecule has 1 aliphatic rings. The molecule has 2 N–H and O–H groups in total.